The summed E-state index contributed by atoms with van der Waals surface area (Å²) in [6.45, 7) is 5.45. The number of ether oxygens (including phenoxy) is 1. The molecule has 4 aromatic heterocycles. The first kappa shape index (κ1) is 21.6. The van der Waals surface area contributed by atoms with Gasteiger partial charge in [0.15, 0.2) is 11.6 Å². The topological polar surface area (TPSA) is 97.9 Å². The van der Waals surface area contributed by atoms with Gasteiger partial charge in [-0.05, 0) is 39.7 Å². The van der Waals surface area contributed by atoms with E-state index in [9.17, 15) is 0 Å². The molecule has 1 saturated carbocycles. The SMILES string of the molecule is COc1c(-c2c(C)noc2C)cc2[nH]c3nc(C)nc(N(C)c4cc(C5CC5)nn4C)c3c2c1F. The van der Waals surface area contributed by atoms with Crippen LogP contribution < -0.4 is 9.64 Å². The molecule has 180 valence electrons. The molecule has 1 fully saturated rings. The number of aromatic nitrogens is 6. The number of anilines is 2. The standard InChI is InChI=1S/C25H26FN7O2/c1-11-19(12(2)35-31-11)15-9-17-20(22(26)23(15)34-6)21-24(29-17)27-13(3)28-25(21)32(4)18-10-16(14-7-8-14)30-33(18)5/h9-10,14H,7-8H2,1-6H3,(H,27,28,29). The molecule has 4 heterocycles. The lowest BCUT2D eigenvalue weighted by atomic mass is 10.00. The van der Waals surface area contributed by atoms with Gasteiger partial charge in [0.05, 0.1) is 40.4 Å². The second kappa shape index (κ2) is 7.53. The quantitative estimate of drug-likeness (QED) is 0.372. The zero-order valence-electron chi connectivity index (χ0n) is 20.5. The number of nitrogens with one attached hydrogen (secondary N) is 1. The molecule has 0 radical (unpaired) electrons. The predicted molar refractivity (Wildman–Crippen MR) is 131 cm³/mol. The third-order valence-corrected chi connectivity index (χ3v) is 6.76. The monoisotopic (exact) mass is 475 g/mol. The Balaban J connectivity index is 1.62. The minimum absolute atomic E-state index is 0.124. The zero-order valence-corrected chi connectivity index (χ0v) is 20.5. The normalized spacial score (nSPS) is 13.8. The van der Waals surface area contributed by atoms with Gasteiger partial charge in [-0.15, -0.1) is 0 Å². The summed E-state index contributed by atoms with van der Waals surface area (Å²) < 4.78 is 29.0. The number of benzene rings is 1. The smallest absolute Gasteiger partial charge is 0.175 e. The number of aryl methyl sites for hydroxylation is 4. The molecule has 0 saturated heterocycles. The summed E-state index contributed by atoms with van der Waals surface area (Å²) in [5.74, 6) is 2.79. The fourth-order valence-corrected chi connectivity index (χ4v) is 4.96. The van der Waals surface area contributed by atoms with Crippen LogP contribution in [0.25, 0.3) is 33.1 Å². The zero-order chi connectivity index (χ0) is 24.6. The highest BCUT2D eigenvalue weighted by Crippen LogP contribution is 2.45. The van der Waals surface area contributed by atoms with Gasteiger partial charge in [-0.3, -0.25) is 4.68 Å². The molecule has 0 bridgehead atoms. The van der Waals surface area contributed by atoms with E-state index < -0.39 is 5.82 Å². The molecule has 35 heavy (non-hydrogen) atoms. The molecule has 9 nitrogen and oxygen atoms in total. The van der Waals surface area contributed by atoms with E-state index in [4.69, 9.17) is 14.2 Å². The van der Waals surface area contributed by atoms with E-state index in [2.05, 4.69) is 26.3 Å². The molecular formula is C25H26FN7O2. The molecule has 1 aliphatic rings. The molecule has 1 aromatic carbocycles. The molecule has 0 unspecified atom stereocenters. The van der Waals surface area contributed by atoms with E-state index in [-0.39, 0.29) is 5.75 Å². The van der Waals surface area contributed by atoms with Crippen molar-refractivity contribution in [2.24, 2.45) is 7.05 Å². The van der Waals surface area contributed by atoms with E-state index in [1.165, 1.54) is 7.11 Å². The van der Waals surface area contributed by atoms with Crippen LogP contribution >= 0.6 is 0 Å². The molecule has 1 aliphatic carbocycles. The van der Waals surface area contributed by atoms with Crippen LogP contribution in [0.3, 0.4) is 0 Å². The Hall–Kier alpha value is -3.95. The maximum absolute atomic E-state index is 16.2. The Labute approximate surface area is 200 Å². The highest BCUT2D eigenvalue weighted by Gasteiger charge is 2.29. The van der Waals surface area contributed by atoms with Gasteiger partial charge in [0, 0.05) is 31.6 Å². The van der Waals surface area contributed by atoms with Crippen LogP contribution in [-0.2, 0) is 7.05 Å². The first-order chi connectivity index (χ1) is 16.8. The van der Waals surface area contributed by atoms with Gasteiger partial charge in [0.1, 0.15) is 28.9 Å². The molecule has 6 rings (SSSR count). The van der Waals surface area contributed by atoms with E-state index in [1.54, 1.807) is 6.92 Å². The number of fused-ring (bicyclic) bond motifs is 3. The van der Waals surface area contributed by atoms with Crippen molar-refractivity contribution in [3.63, 3.8) is 0 Å². The second-order valence-corrected chi connectivity index (χ2v) is 9.22. The molecule has 0 aliphatic heterocycles. The molecule has 1 N–H and O–H groups in total. The van der Waals surface area contributed by atoms with Crippen LogP contribution in [0.5, 0.6) is 5.75 Å². The molecular weight excluding hydrogens is 449 g/mol. The third kappa shape index (κ3) is 3.19. The molecule has 5 aromatic rings. The van der Waals surface area contributed by atoms with E-state index in [0.717, 1.165) is 24.4 Å². The van der Waals surface area contributed by atoms with Gasteiger partial charge in [0.2, 0.25) is 0 Å². The maximum atomic E-state index is 16.2. The largest absolute Gasteiger partial charge is 0.493 e. The Kier molecular flexibility index (Phi) is 4.64. The number of rotatable bonds is 5. The van der Waals surface area contributed by atoms with Crippen molar-refractivity contribution in [2.45, 2.75) is 39.5 Å². The average Bonchev–Trinajstić information content (AvgIpc) is 3.38. The van der Waals surface area contributed by atoms with Crippen LogP contribution in [0.1, 0.15) is 41.7 Å². The Morgan fingerprint density at radius 1 is 1.17 bits per heavy atom. The summed E-state index contributed by atoms with van der Waals surface area (Å²) in [4.78, 5) is 14.6. The van der Waals surface area contributed by atoms with Gasteiger partial charge in [-0.2, -0.15) is 5.10 Å². The van der Waals surface area contributed by atoms with Crippen molar-refractivity contribution in [3.8, 4) is 16.9 Å². The van der Waals surface area contributed by atoms with Gasteiger partial charge in [-0.1, -0.05) is 5.16 Å². The Morgan fingerprint density at radius 3 is 2.60 bits per heavy atom. The van der Waals surface area contributed by atoms with Crippen molar-refractivity contribution in [2.75, 3.05) is 19.1 Å². The van der Waals surface area contributed by atoms with Crippen LogP contribution in [0.15, 0.2) is 16.7 Å². The summed E-state index contributed by atoms with van der Waals surface area (Å²) in [7, 11) is 5.29. The lowest BCUT2D eigenvalue weighted by Gasteiger charge is -2.19. The lowest BCUT2D eigenvalue weighted by Crippen LogP contribution is -2.16. The number of methoxy groups -OCH3 is 1. The predicted octanol–water partition coefficient (Wildman–Crippen LogP) is 5.22. The summed E-state index contributed by atoms with van der Waals surface area (Å²) in [6.07, 6.45) is 2.33. The molecule has 0 spiro atoms. The van der Waals surface area contributed by atoms with Crippen LogP contribution in [0.4, 0.5) is 16.0 Å². The first-order valence-corrected chi connectivity index (χ1v) is 11.6. The Bertz CT molecular complexity index is 1610. The minimum Gasteiger partial charge on any atom is -0.493 e. The summed E-state index contributed by atoms with van der Waals surface area (Å²) in [5.41, 5.74) is 4.16. The van der Waals surface area contributed by atoms with Crippen LogP contribution in [0, 0.1) is 26.6 Å². The van der Waals surface area contributed by atoms with Crippen LogP contribution in [-0.4, -0.2) is 44.0 Å². The highest BCUT2D eigenvalue weighted by atomic mass is 19.1. The van der Waals surface area contributed by atoms with Crippen molar-refractivity contribution in [3.05, 3.63) is 40.9 Å². The molecule has 10 heteroatoms. The van der Waals surface area contributed by atoms with Gasteiger partial charge in [-0.25, -0.2) is 14.4 Å². The fourth-order valence-electron chi connectivity index (χ4n) is 4.96. The number of H-pyrrole nitrogens is 1. The summed E-state index contributed by atoms with van der Waals surface area (Å²) in [6, 6.07) is 3.95. The van der Waals surface area contributed by atoms with E-state index in [0.29, 0.717) is 62.1 Å². The Morgan fingerprint density at radius 2 is 1.94 bits per heavy atom. The second-order valence-electron chi connectivity index (χ2n) is 9.22. The molecule has 0 amide bonds. The van der Waals surface area contributed by atoms with Gasteiger partial charge < -0.3 is 19.1 Å². The van der Waals surface area contributed by atoms with Crippen molar-refractivity contribution >= 4 is 33.6 Å². The maximum Gasteiger partial charge on any atom is 0.175 e. The summed E-state index contributed by atoms with van der Waals surface area (Å²) in [5, 5.41) is 9.68. The lowest BCUT2D eigenvalue weighted by molar-refractivity contribution is 0.389. The number of nitrogens with zero attached hydrogens (tertiary/aromatic N) is 6. The summed E-state index contributed by atoms with van der Waals surface area (Å²) >= 11 is 0. The number of halogens is 1. The highest BCUT2D eigenvalue weighted by molar-refractivity contribution is 6.13. The fraction of sp³-hybridized carbons (Fsp3) is 0.360. The van der Waals surface area contributed by atoms with Crippen LogP contribution in [0.2, 0.25) is 0 Å². The number of hydrogen-bond donors (Lipinski definition) is 1. The van der Waals surface area contributed by atoms with Crippen molar-refractivity contribution in [1.29, 1.82) is 0 Å². The first-order valence-electron chi connectivity index (χ1n) is 11.6. The van der Waals surface area contributed by atoms with Gasteiger partial charge in [0.25, 0.3) is 0 Å². The average molecular weight is 476 g/mol. The van der Waals surface area contributed by atoms with Crippen molar-refractivity contribution < 1.29 is 13.7 Å². The number of aromatic amines is 1. The molecule has 0 atom stereocenters. The number of hydrogen-bond acceptors (Lipinski definition) is 7. The minimum atomic E-state index is -0.489. The van der Waals surface area contributed by atoms with Crippen molar-refractivity contribution in [1.82, 2.24) is 29.9 Å². The van der Waals surface area contributed by atoms with E-state index in [1.807, 2.05) is 43.6 Å². The third-order valence-electron chi connectivity index (χ3n) is 6.76. The van der Waals surface area contributed by atoms with Gasteiger partial charge >= 0.3 is 0 Å². The van der Waals surface area contributed by atoms with E-state index >= 15 is 4.39 Å².